The van der Waals surface area contributed by atoms with Gasteiger partial charge in [0.15, 0.2) is 0 Å². The maximum absolute atomic E-state index is 9.90. The van der Waals surface area contributed by atoms with E-state index in [-0.39, 0.29) is 5.92 Å². The van der Waals surface area contributed by atoms with Gasteiger partial charge < -0.3 is 5.11 Å². The fourth-order valence-electron chi connectivity index (χ4n) is 1.39. The zero-order valence-electron chi connectivity index (χ0n) is 8.44. The monoisotopic (exact) mass is 190 g/mol. The van der Waals surface area contributed by atoms with E-state index in [2.05, 4.69) is 11.1 Å². The first-order valence-corrected chi connectivity index (χ1v) is 4.68. The lowest BCUT2D eigenvalue weighted by atomic mass is 9.93. The average molecular weight is 190 g/mol. The van der Waals surface area contributed by atoms with Gasteiger partial charge in [-0.3, -0.25) is 4.98 Å². The number of aliphatic hydroxyl groups excluding tert-OH is 1. The second-order valence-electron chi connectivity index (χ2n) is 3.32. The van der Waals surface area contributed by atoms with Crippen molar-refractivity contribution in [3.8, 4) is 6.07 Å². The van der Waals surface area contributed by atoms with E-state index in [0.29, 0.717) is 6.42 Å². The van der Waals surface area contributed by atoms with Crippen molar-refractivity contribution in [1.29, 1.82) is 5.26 Å². The van der Waals surface area contributed by atoms with Crippen LogP contribution in [0.1, 0.15) is 30.6 Å². The molecule has 0 radical (unpaired) electrons. The molecule has 0 amide bonds. The molecule has 1 rings (SSSR count). The lowest BCUT2D eigenvalue weighted by molar-refractivity contribution is 0.132. The van der Waals surface area contributed by atoms with Crippen LogP contribution in [-0.2, 0) is 0 Å². The molecule has 2 atom stereocenters. The summed E-state index contributed by atoms with van der Waals surface area (Å²) in [5, 5.41) is 18.7. The molecule has 0 aromatic carbocycles. The number of aryl methyl sites for hydroxylation is 1. The minimum Gasteiger partial charge on any atom is -0.387 e. The highest BCUT2D eigenvalue weighted by atomic mass is 16.3. The van der Waals surface area contributed by atoms with Crippen LogP contribution in [0, 0.1) is 24.2 Å². The van der Waals surface area contributed by atoms with E-state index in [9.17, 15) is 5.11 Å². The molecule has 14 heavy (non-hydrogen) atoms. The van der Waals surface area contributed by atoms with Gasteiger partial charge in [0, 0.05) is 18.0 Å². The van der Waals surface area contributed by atoms with Crippen LogP contribution in [0.15, 0.2) is 18.5 Å². The Morgan fingerprint density at radius 2 is 2.36 bits per heavy atom. The predicted molar refractivity (Wildman–Crippen MR) is 53.3 cm³/mol. The van der Waals surface area contributed by atoms with E-state index in [1.165, 1.54) is 0 Å². The molecular formula is C11H14N2O. The Labute approximate surface area is 84.0 Å². The van der Waals surface area contributed by atoms with Crippen molar-refractivity contribution in [3.05, 3.63) is 29.6 Å². The number of nitrogens with zero attached hydrogens (tertiary/aromatic N) is 2. The molecule has 1 heterocycles. The number of aliphatic hydroxyl groups is 1. The molecule has 0 aliphatic heterocycles. The highest BCUT2D eigenvalue weighted by molar-refractivity contribution is 5.25. The zero-order chi connectivity index (χ0) is 10.6. The summed E-state index contributed by atoms with van der Waals surface area (Å²) >= 11 is 0. The van der Waals surface area contributed by atoms with Crippen LogP contribution in [0.5, 0.6) is 0 Å². The highest BCUT2D eigenvalue weighted by Gasteiger charge is 2.20. The summed E-state index contributed by atoms with van der Waals surface area (Å²) in [5.41, 5.74) is 1.72. The lowest BCUT2D eigenvalue weighted by Crippen LogP contribution is -2.11. The number of hydrogen-bond donors (Lipinski definition) is 1. The third kappa shape index (κ3) is 2.09. The van der Waals surface area contributed by atoms with Crippen molar-refractivity contribution >= 4 is 0 Å². The molecule has 0 aliphatic rings. The normalized spacial score (nSPS) is 14.4. The first-order chi connectivity index (χ1) is 6.70. The maximum Gasteiger partial charge on any atom is 0.0965 e. The van der Waals surface area contributed by atoms with Crippen LogP contribution in [0.2, 0.25) is 0 Å². The molecule has 74 valence electrons. The Morgan fingerprint density at radius 3 is 2.86 bits per heavy atom. The lowest BCUT2D eigenvalue weighted by Gasteiger charge is -2.16. The molecule has 0 saturated heterocycles. The topological polar surface area (TPSA) is 56.9 Å². The third-order valence-electron chi connectivity index (χ3n) is 2.38. The number of rotatable bonds is 3. The Balaban J connectivity index is 2.95. The Morgan fingerprint density at radius 1 is 1.64 bits per heavy atom. The SMILES string of the molecule is CCC(C#N)C(O)c1cnccc1C. The van der Waals surface area contributed by atoms with Crippen LogP contribution in [0.25, 0.3) is 0 Å². The standard InChI is InChI=1S/C11H14N2O/c1-3-9(6-12)11(14)10-7-13-5-4-8(10)2/h4-5,7,9,11,14H,3H2,1-2H3. The van der Waals surface area contributed by atoms with Crippen LogP contribution in [0.3, 0.4) is 0 Å². The molecule has 3 nitrogen and oxygen atoms in total. The fourth-order valence-corrected chi connectivity index (χ4v) is 1.39. The van der Waals surface area contributed by atoms with Gasteiger partial charge in [-0.1, -0.05) is 6.92 Å². The molecule has 0 aliphatic carbocycles. The summed E-state index contributed by atoms with van der Waals surface area (Å²) in [6.45, 7) is 3.80. The maximum atomic E-state index is 9.90. The molecule has 0 bridgehead atoms. The van der Waals surface area contributed by atoms with Crippen molar-refractivity contribution < 1.29 is 5.11 Å². The first-order valence-electron chi connectivity index (χ1n) is 4.68. The second-order valence-corrected chi connectivity index (χ2v) is 3.32. The second kappa shape index (κ2) is 4.73. The Kier molecular flexibility index (Phi) is 3.61. The Bertz CT molecular complexity index is 343. The van der Waals surface area contributed by atoms with E-state index >= 15 is 0 Å². The van der Waals surface area contributed by atoms with Gasteiger partial charge in [0.1, 0.15) is 0 Å². The third-order valence-corrected chi connectivity index (χ3v) is 2.38. The smallest absolute Gasteiger partial charge is 0.0965 e. The predicted octanol–water partition coefficient (Wildman–Crippen LogP) is 1.97. The van der Waals surface area contributed by atoms with Crippen molar-refractivity contribution in [1.82, 2.24) is 4.98 Å². The van der Waals surface area contributed by atoms with Gasteiger partial charge in [0.25, 0.3) is 0 Å². The van der Waals surface area contributed by atoms with Gasteiger partial charge in [-0.15, -0.1) is 0 Å². The summed E-state index contributed by atoms with van der Waals surface area (Å²) in [6.07, 6.45) is 3.23. The minimum absolute atomic E-state index is 0.349. The van der Waals surface area contributed by atoms with Crippen LogP contribution < -0.4 is 0 Å². The number of hydrogen-bond acceptors (Lipinski definition) is 3. The van der Waals surface area contributed by atoms with Gasteiger partial charge in [-0.2, -0.15) is 5.26 Å². The zero-order valence-corrected chi connectivity index (χ0v) is 8.44. The quantitative estimate of drug-likeness (QED) is 0.792. The van der Waals surface area contributed by atoms with Gasteiger partial charge in [-0.25, -0.2) is 0 Å². The molecule has 3 heteroatoms. The van der Waals surface area contributed by atoms with E-state index in [1.807, 2.05) is 19.9 Å². The van der Waals surface area contributed by atoms with Crippen molar-refractivity contribution in [2.45, 2.75) is 26.4 Å². The molecule has 0 spiro atoms. The Hall–Kier alpha value is -1.40. The molecule has 1 aromatic heterocycles. The summed E-state index contributed by atoms with van der Waals surface area (Å²) in [5.74, 6) is -0.349. The van der Waals surface area contributed by atoms with Crippen LogP contribution in [-0.4, -0.2) is 10.1 Å². The molecule has 1 N–H and O–H groups in total. The molecular weight excluding hydrogens is 176 g/mol. The van der Waals surface area contributed by atoms with E-state index in [4.69, 9.17) is 5.26 Å². The van der Waals surface area contributed by atoms with Crippen molar-refractivity contribution in [3.63, 3.8) is 0 Å². The van der Waals surface area contributed by atoms with Gasteiger partial charge in [-0.05, 0) is 25.0 Å². The fraction of sp³-hybridized carbons (Fsp3) is 0.455. The van der Waals surface area contributed by atoms with Crippen LogP contribution in [0.4, 0.5) is 0 Å². The summed E-state index contributed by atoms with van der Waals surface area (Å²) < 4.78 is 0. The summed E-state index contributed by atoms with van der Waals surface area (Å²) in [6, 6.07) is 3.94. The van der Waals surface area contributed by atoms with E-state index < -0.39 is 6.10 Å². The van der Waals surface area contributed by atoms with Gasteiger partial charge in [0.05, 0.1) is 18.1 Å². The molecule has 0 fully saturated rings. The van der Waals surface area contributed by atoms with E-state index in [0.717, 1.165) is 11.1 Å². The van der Waals surface area contributed by atoms with Gasteiger partial charge in [0.2, 0.25) is 0 Å². The van der Waals surface area contributed by atoms with Crippen LogP contribution >= 0.6 is 0 Å². The number of nitriles is 1. The molecule has 2 unspecified atom stereocenters. The largest absolute Gasteiger partial charge is 0.387 e. The van der Waals surface area contributed by atoms with Crippen molar-refractivity contribution in [2.24, 2.45) is 5.92 Å². The number of pyridine rings is 1. The molecule has 1 aromatic rings. The first kappa shape index (κ1) is 10.7. The van der Waals surface area contributed by atoms with Crippen molar-refractivity contribution in [2.75, 3.05) is 0 Å². The van der Waals surface area contributed by atoms with E-state index in [1.54, 1.807) is 12.4 Å². The highest BCUT2D eigenvalue weighted by Crippen LogP contribution is 2.25. The number of aromatic nitrogens is 1. The minimum atomic E-state index is -0.723. The van der Waals surface area contributed by atoms with Gasteiger partial charge >= 0.3 is 0 Å². The summed E-state index contributed by atoms with van der Waals surface area (Å²) in [4.78, 5) is 3.95. The average Bonchev–Trinajstić information content (AvgIpc) is 2.20. The molecule has 0 saturated carbocycles. The summed E-state index contributed by atoms with van der Waals surface area (Å²) in [7, 11) is 0.